The molecule has 1 aromatic carbocycles. The Hall–Kier alpha value is -1.42. The summed E-state index contributed by atoms with van der Waals surface area (Å²) in [7, 11) is 0. The first-order chi connectivity index (χ1) is 7.66. The summed E-state index contributed by atoms with van der Waals surface area (Å²) in [5, 5.41) is 0. The van der Waals surface area contributed by atoms with Crippen molar-refractivity contribution in [2.45, 2.75) is 6.42 Å². The van der Waals surface area contributed by atoms with E-state index in [0.29, 0.717) is 10.0 Å². The van der Waals surface area contributed by atoms with Crippen LogP contribution >= 0.6 is 15.9 Å². The van der Waals surface area contributed by atoms with Crippen LogP contribution in [0.3, 0.4) is 0 Å². The lowest BCUT2D eigenvalue weighted by Crippen LogP contribution is -2.03. The van der Waals surface area contributed by atoms with E-state index < -0.39 is 0 Å². The molecule has 4 heteroatoms. The Morgan fingerprint density at radius 1 is 1.38 bits per heavy atom. The summed E-state index contributed by atoms with van der Waals surface area (Å²) in [6, 6.07) is 5.76. The van der Waals surface area contributed by atoms with Crippen LogP contribution in [-0.4, -0.2) is 5.78 Å². The Kier molecular flexibility index (Phi) is 3.19. The summed E-state index contributed by atoms with van der Waals surface area (Å²) in [5.74, 6) is -0.444. The molecular formula is C12H8BrFO2. The molecule has 0 unspecified atom stereocenters. The molecule has 0 aliphatic carbocycles. The molecule has 0 saturated carbocycles. The molecule has 0 aliphatic heterocycles. The number of Topliss-reactive ketones (excluding diaryl/α,β-unsaturated/α-hetero) is 1. The molecule has 0 saturated heterocycles. The summed E-state index contributed by atoms with van der Waals surface area (Å²) in [6.07, 6.45) is 3.29. The molecule has 2 rings (SSSR count). The molecule has 2 nitrogen and oxygen atoms in total. The summed E-state index contributed by atoms with van der Waals surface area (Å²) in [4.78, 5) is 11.9. The molecule has 0 spiro atoms. The highest BCUT2D eigenvalue weighted by Gasteiger charge is 2.11. The van der Waals surface area contributed by atoms with Gasteiger partial charge in [-0.3, -0.25) is 4.79 Å². The third kappa shape index (κ3) is 2.39. The lowest BCUT2D eigenvalue weighted by Gasteiger charge is -2.02. The fraction of sp³-hybridized carbons (Fsp3) is 0.0833. The van der Waals surface area contributed by atoms with Crippen LogP contribution < -0.4 is 0 Å². The van der Waals surface area contributed by atoms with E-state index in [0.717, 1.165) is 5.56 Å². The SMILES string of the molecule is O=C(Cc1ccoc1)c1ccc(F)cc1Br. The summed E-state index contributed by atoms with van der Waals surface area (Å²) in [6.45, 7) is 0. The molecule has 0 aliphatic rings. The van der Waals surface area contributed by atoms with Crippen molar-refractivity contribution in [3.63, 3.8) is 0 Å². The molecule has 1 heterocycles. The fourth-order valence-corrected chi connectivity index (χ4v) is 1.96. The van der Waals surface area contributed by atoms with Crippen molar-refractivity contribution in [3.8, 4) is 0 Å². The lowest BCUT2D eigenvalue weighted by atomic mass is 10.1. The van der Waals surface area contributed by atoms with Gasteiger partial charge in [0.25, 0.3) is 0 Å². The number of furan rings is 1. The van der Waals surface area contributed by atoms with E-state index in [1.165, 1.54) is 30.7 Å². The smallest absolute Gasteiger partial charge is 0.168 e. The van der Waals surface area contributed by atoms with Gasteiger partial charge < -0.3 is 4.42 Å². The standard InChI is InChI=1S/C12H8BrFO2/c13-11-6-9(14)1-2-10(11)12(15)5-8-3-4-16-7-8/h1-4,6-7H,5H2. The van der Waals surface area contributed by atoms with Crippen LogP contribution in [0.4, 0.5) is 4.39 Å². The van der Waals surface area contributed by atoms with Gasteiger partial charge >= 0.3 is 0 Å². The maximum atomic E-state index is 12.8. The van der Waals surface area contributed by atoms with Crippen LogP contribution in [0.25, 0.3) is 0 Å². The third-order valence-corrected chi connectivity index (χ3v) is 2.83. The minimum atomic E-state index is -0.369. The maximum Gasteiger partial charge on any atom is 0.168 e. The van der Waals surface area contributed by atoms with E-state index in [4.69, 9.17) is 4.42 Å². The van der Waals surface area contributed by atoms with Crippen molar-refractivity contribution in [2.75, 3.05) is 0 Å². The number of ketones is 1. The van der Waals surface area contributed by atoms with Crippen LogP contribution in [0.1, 0.15) is 15.9 Å². The Balaban J connectivity index is 2.21. The van der Waals surface area contributed by atoms with E-state index in [1.54, 1.807) is 6.07 Å². The van der Waals surface area contributed by atoms with Gasteiger partial charge in [0.15, 0.2) is 5.78 Å². The van der Waals surface area contributed by atoms with Crippen LogP contribution in [0.15, 0.2) is 45.7 Å². The van der Waals surface area contributed by atoms with Crippen LogP contribution in [0, 0.1) is 5.82 Å². The monoisotopic (exact) mass is 282 g/mol. The Labute approximate surface area is 100 Å². The van der Waals surface area contributed by atoms with Gasteiger partial charge in [0.2, 0.25) is 0 Å². The number of carbonyl (C=O) groups excluding carboxylic acids is 1. The molecule has 16 heavy (non-hydrogen) atoms. The molecule has 0 radical (unpaired) electrons. The van der Waals surface area contributed by atoms with Gasteiger partial charge in [-0.1, -0.05) is 0 Å². The quantitative estimate of drug-likeness (QED) is 0.805. The minimum Gasteiger partial charge on any atom is -0.472 e. The highest BCUT2D eigenvalue weighted by atomic mass is 79.9. The number of rotatable bonds is 3. The van der Waals surface area contributed by atoms with Gasteiger partial charge in [-0.05, 0) is 45.8 Å². The van der Waals surface area contributed by atoms with E-state index in [-0.39, 0.29) is 18.0 Å². The van der Waals surface area contributed by atoms with Gasteiger partial charge in [-0.25, -0.2) is 4.39 Å². The Morgan fingerprint density at radius 2 is 2.19 bits per heavy atom. The summed E-state index contributed by atoms with van der Waals surface area (Å²) >= 11 is 3.17. The van der Waals surface area contributed by atoms with Crippen LogP contribution in [0.2, 0.25) is 0 Å². The molecule has 0 bridgehead atoms. The molecular weight excluding hydrogens is 275 g/mol. The number of hydrogen-bond acceptors (Lipinski definition) is 2. The number of benzene rings is 1. The van der Waals surface area contributed by atoms with Crippen LogP contribution in [0.5, 0.6) is 0 Å². The molecule has 0 amide bonds. The first-order valence-electron chi connectivity index (χ1n) is 4.66. The molecule has 82 valence electrons. The average molecular weight is 283 g/mol. The number of hydrogen-bond donors (Lipinski definition) is 0. The summed E-state index contributed by atoms with van der Waals surface area (Å²) in [5.41, 5.74) is 1.28. The van der Waals surface area contributed by atoms with Crippen molar-refractivity contribution in [1.29, 1.82) is 0 Å². The average Bonchev–Trinajstić information content (AvgIpc) is 2.70. The maximum absolute atomic E-state index is 12.8. The minimum absolute atomic E-state index is 0.0757. The highest BCUT2D eigenvalue weighted by Crippen LogP contribution is 2.20. The lowest BCUT2D eigenvalue weighted by molar-refractivity contribution is 0.0992. The van der Waals surface area contributed by atoms with Crippen molar-refractivity contribution in [2.24, 2.45) is 0 Å². The van der Waals surface area contributed by atoms with Gasteiger partial charge in [0.05, 0.1) is 12.5 Å². The van der Waals surface area contributed by atoms with Gasteiger partial charge in [-0.2, -0.15) is 0 Å². The van der Waals surface area contributed by atoms with E-state index >= 15 is 0 Å². The zero-order valence-corrected chi connectivity index (χ0v) is 9.83. The number of carbonyl (C=O) groups is 1. The zero-order chi connectivity index (χ0) is 11.5. The normalized spacial score (nSPS) is 10.4. The number of halogens is 2. The van der Waals surface area contributed by atoms with E-state index in [9.17, 15) is 9.18 Å². The Bertz CT molecular complexity index is 506. The molecule has 0 N–H and O–H groups in total. The largest absolute Gasteiger partial charge is 0.472 e. The van der Waals surface area contributed by atoms with E-state index in [1.807, 2.05) is 0 Å². The Morgan fingerprint density at radius 3 is 2.81 bits per heavy atom. The molecule has 0 atom stereocenters. The topological polar surface area (TPSA) is 30.2 Å². The highest BCUT2D eigenvalue weighted by molar-refractivity contribution is 9.10. The fourth-order valence-electron chi connectivity index (χ4n) is 1.39. The zero-order valence-electron chi connectivity index (χ0n) is 8.24. The van der Waals surface area contributed by atoms with Crippen molar-refractivity contribution in [1.82, 2.24) is 0 Å². The van der Waals surface area contributed by atoms with Crippen molar-refractivity contribution < 1.29 is 13.6 Å². The second-order valence-electron chi connectivity index (χ2n) is 3.36. The second kappa shape index (κ2) is 4.61. The van der Waals surface area contributed by atoms with Gasteiger partial charge in [0.1, 0.15) is 5.82 Å². The molecule has 0 fully saturated rings. The van der Waals surface area contributed by atoms with Gasteiger partial charge in [0, 0.05) is 16.5 Å². The second-order valence-corrected chi connectivity index (χ2v) is 4.21. The summed E-state index contributed by atoms with van der Waals surface area (Å²) < 4.78 is 18.2. The first-order valence-corrected chi connectivity index (χ1v) is 5.45. The van der Waals surface area contributed by atoms with Gasteiger partial charge in [-0.15, -0.1) is 0 Å². The van der Waals surface area contributed by atoms with Crippen molar-refractivity contribution >= 4 is 21.7 Å². The predicted molar refractivity (Wildman–Crippen MR) is 60.8 cm³/mol. The van der Waals surface area contributed by atoms with Crippen LogP contribution in [-0.2, 0) is 6.42 Å². The predicted octanol–water partition coefficient (Wildman–Crippen LogP) is 3.61. The molecule has 1 aromatic heterocycles. The first kappa shape index (κ1) is 11.1. The van der Waals surface area contributed by atoms with E-state index in [2.05, 4.69) is 15.9 Å². The van der Waals surface area contributed by atoms with Crippen molar-refractivity contribution in [3.05, 3.63) is 58.2 Å². The molecule has 2 aromatic rings. The third-order valence-electron chi connectivity index (χ3n) is 2.18.